The predicted molar refractivity (Wildman–Crippen MR) is 123 cm³/mol. The molecule has 10 nitrogen and oxygen atoms in total. The van der Waals surface area contributed by atoms with Gasteiger partial charge in [-0.15, -0.1) is 5.10 Å². The van der Waals surface area contributed by atoms with Crippen molar-refractivity contribution in [2.45, 2.75) is 11.9 Å². The monoisotopic (exact) mass is 464 g/mol. The van der Waals surface area contributed by atoms with E-state index in [1.807, 2.05) is 24.3 Å². The quantitative estimate of drug-likeness (QED) is 0.238. The molecule has 0 aliphatic carbocycles. The molecule has 11 heteroatoms. The van der Waals surface area contributed by atoms with Gasteiger partial charge in [0.15, 0.2) is 11.2 Å². The number of esters is 1. The molecule has 0 spiro atoms. The Balaban J connectivity index is 1.43. The van der Waals surface area contributed by atoms with Gasteiger partial charge in [0.25, 0.3) is 0 Å². The molecule has 0 aliphatic rings. The molecule has 0 atom stereocenters. The van der Waals surface area contributed by atoms with Crippen LogP contribution >= 0.6 is 11.8 Å². The molecule has 2 aromatic carbocycles. The van der Waals surface area contributed by atoms with Gasteiger partial charge >= 0.3 is 5.97 Å². The molecule has 0 saturated carbocycles. The van der Waals surface area contributed by atoms with Crippen LogP contribution in [0.5, 0.6) is 5.75 Å². The van der Waals surface area contributed by atoms with Crippen molar-refractivity contribution in [3.8, 4) is 11.4 Å². The molecule has 0 radical (unpaired) electrons. The van der Waals surface area contributed by atoms with Crippen LogP contribution in [-0.4, -0.2) is 56.3 Å². The zero-order chi connectivity index (χ0) is 23.2. The van der Waals surface area contributed by atoms with Crippen molar-refractivity contribution in [1.82, 2.24) is 25.0 Å². The molecule has 2 heterocycles. The molecule has 0 aliphatic heterocycles. The number of hydrogen-bond acceptors (Lipinski definition) is 9. The second-order valence-electron chi connectivity index (χ2n) is 6.69. The number of nitrogens with one attached hydrogen (secondary N) is 1. The first-order chi connectivity index (χ1) is 16.1. The summed E-state index contributed by atoms with van der Waals surface area (Å²) in [7, 11) is 1.59. The van der Waals surface area contributed by atoms with Gasteiger partial charge in [0, 0.05) is 11.8 Å². The number of amides is 1. The lowest BCUT2D eigenvalue weighted by Crippen LogP contribution is -2.14. The topological polar surface area (TPSA) is 121 Å². The van der Waals surface area contributed by atoms with E-state index in [2.05, 4.69) is 25.6 Å². The fourth-order valence-electron chi connectivity index (χ4n) is 2.99. The van der Waals surface area contributed by atoms with Gasteiger partial charge < -0.3 is 14.8 Å². The Labute approximate surface area is 193 Å². The number of fused-ring (bicyclic) bond motifs is 1. The number of hydrogen-bond donors (Lipinski definition) is 1. The van der Waals surface area contributed by atoms with Crippen molar-refractivity contribution in [3.05, 3.63) is 60.4 Å². The minimum absolute atomic E-state index is 0.109. The van der Waals surface area contributed by atoms with E-state index in [9.17, 15) is 9.59 Å². The molecule has 4 rings (SSSR count). The second kappa shape index (κ2) is 10.1. The molecule has 0 saturated heterocycles. The van der Waals surface area contributed by atoms with Gasteiger partial charge in [0.1, 0.15) is 17.1 Å². The van der Waals surface area contributed by atoms with Crippen LogP contribution in [-0.2, 0) is 9.53 Å². The highest BCUT2D eigenvalue weighted by molar-refractivity contribution is 8.00. The van der Waals surface area contributed by atoms with Crippen molar-refractivity contribution < 1.29 is 19.1 Å². The Bertz CT molecular complexity index is 1290. The number of carbonyl (C=O) groups is 2. The van der Waals surface area contributed by atoms with Crippen LogP contribution in [0, 0.1) is 0 Å². The van der Waals surface area contributed by atoms with Crippen LogP contribution in [0.1, 0.15) is 17.3 Å². The van der Waals surface area contributed by atoms with Crippen LogP contribution in [0.3, 0.4) is 0 Å². The average Bonchev–Trinajstić information content (AvgIpc) is 3.28. The summed E-state index contributed by atoms with van der Waals surface area (Å²) >= 11 is 1.23. The fraction of sp³-hybridized carbons (Fsp3) is 0.182. The summed E-state index contributed by atoms with van der Waals surface area (Å²) in [6.45, 7) is 2.05. The summed E-state index contributed by atoms with van der Waals surface area (Å²) < 4.78 is 11.8. The Morgan fingerprint density at radius 3 is 2.70 bits per heavy atom. The summed E-state index contributed by atoms with van der Waals surface area (Å²) in [4.78, 5) is 32.7. The Morgan fingerprint density at radius 1 is 1.12 bits per heavy atom. The lowest BCUT2D eigenvalue weighted by atomic mass is 10.2. The largest absolute Gasteiger partial charge is 0.497 e. The van der Waals surface area contributed by atoms with Crippen molar-refractivity contribution in [2.75, 3.05) is 24.8 Å². The minimum atomic E-state index is -0.402. The van der Waals surface area contributed by atoms with E-state index in [1.54, 1.807) is 43.0 Å². The number of benzene rings is 2. The van der Waals surface area contributed by atoms with Crippen molar-refractivity contribution in [3.63, 3.8) is 0 Å². The maximum Gasteiger partial charge on any atom is 0.338 e. The first-order valence-electron chi connectivity index (χ1n) is 9.99. The van der Waals surface area contributed by atoms with Crippen LogP contribution in [0.25, 0.3) is 16.9 Å². The molecule has 4 aromatic rings. The average molecular weight is 465 g/mol. The maximum absolute atomic E-state index is 12.4. The van der Waals surface area contributed by atoms with E-state index in [4.69, 9.17) is 9.47 Å². The third-order valence-corrected chi connectivity index (χ3v) is 5.50. The number of thioether (sulfide) groups is 1. The minimum Gasteiger partial charge on any atom is -0.497 e. The van der Waals surface area contributed by atoms with E-state index in [0.29, 0.717) is 39.8 Å². The Hall–Kier alpha value is -3.99. The van der Waals surface area contributed by atoms with Crippen LogP contribution in [0.2, 0.25) is 0 Å². The lowest BCUT2D eigenvalue weighted by molar-refractivity contribution is -0.113. The molecule has 2 aromatic heterocycles. The number of rotatable bonds is 8. The van der Waals surface area contributed by atoms with E-state index in [1.165, 1.54) is 18.1 Å². The van der Waals surface area contributed by atoms with Crippen LogP contribution in [0.4, 0.5) is 5.69 Å². The lowest BCUT2D eigenvalue weighted by Gasteiger charge is -2.07. The molecule has 1 amide bonds. The molecule has 33 heavy (non-hydrogen) atoms. The smallest absolute Gasteiger partial charge is 0.338 e. The molecule has 0 unspecified atom stereocenters. The Morgan fingerprint density at radius 2 is 1.94 bits per heavy atom. The molecule has 1 N–H and O–H groups in total. The molecular formula is C22H20N6O4S. The van der Waals surface area contributed by atoms with E-state index >= 15 is 0 Å². The number of ether oxygens (including phenoxy) is 2. The first kappa shape index (κ1) is 22.2. The number of anilines is 1. The third kappa shape index (κ3) is 5.09. The van der Waals surface area contributed by atoms with Crippen LogP contribution in [0.15, 0.2) is 59.9 Å². The summed E-state index contributed by atoms with van der Waals surface area (Å²) in [5.41, 5.74) is 2.76. The van der Waals surface area contributed by atoms with Gasteiger partial charge in [0.05, 0.1) is 30.7 Å². The highest BCUT2D eigenvalue weighted by atomic mass is 32.2. The van der Waals surface area contributed by atoms with E-state index in [0.717, 1.165) is 5.69 Å². The van der Waals surface area contributed by atoms with E-state index < -0.39 is 5.97 Å². The highest BCUT2D eigenvalue weighted by Gasteiger charge is 2.15. The highest BCUT2D eigenvalue weighted by Crippen LogP contribution is 2.25. The first-order valence-corrected chi connectivity index (χ1v) is 11.0. The fourth-order valence-corrected chi connectivity index (χ4v) is 3.72. The van der Waals surface area contributed by atoms with Crippen molar-refractivity contribution >= 4 is 40.5 Å². The van der Waals surface area contributed by atoms with Gasteiger partial charge in [0.2, 0.25) is 5.91 Å². The number of aromatic nitrogens is 5. The van der Waals surface area contributed by atoms with Gasteiger partial charge in [-0.3, -0.25) is 4.79 Å². The SMILES string of the molecule is CCOC(=O)c1ccc(NC(=O)CSc2ncnc3c2nnn3-c2cccc(OC)c2)cc1. The maximum atomic E-state index is 12.4. The van der Waals surface area contributed by atoms with Gasteiger partial charge in [-0.2, -0.15) is 4.68 Å². The molecule has 168 valence electrons. The zero-order valence-corrected chi connectivity index (χ0v) is 18.7. The summed E-state index contributed by atoms with van der Waals surface area (Å²) in [5.74, 6) is 0.168. The molecule has 0 fully saturated rings. The van der Waals surface area contributed by atoms with Gasteiger partial charge in [-0.25, -0.2) is 14.8 Å². The summed E-state index contributed by atoms with van der Waals surface area (Å²) in [6.07, 6.45) is 1.41. The summed E-state index contributed by atoms with van der Waals surface area (Å²) in [5, 5.41) is 11.7. The predicted octanol–water partition coefficient (Wildman–Crippen LogP) is 3.13. The number of methoxy groups -OCH3 is 1. The van der Waals surface area contributed by atoms with Gasteiger partial charge in [-0.1, -0.05) is 23.0 Å². The van der Waals surface area contributed by atoms with Crippen molar-refractivity contribution in [2.24, 2.45) is 0 Å². The number of carbonyl (C=O) groups excluding carboxylic acids is 2. The standard InChI is InChI=1S/C22H20N6O4S/c1-3-32-22(30)14-7-9-15(10-8-14)25-18(29)12-33-21-19-20(23-13-24-21)28(27-26-19)16-5-4-6-17(11-16)31-2/h4-11,13H,3,12H2,1-2H3,(H,25,29). The molecular weight excluding hydrogens is 444 g/mol. The Kier molecular flexibility index (Phi) is 6.79. The van der Waals surface area contributed by atoms with Crippen LogP contribution < -0.4 is 10.1 Å². The molecule has 0 bridgehead atoms. The third-order valence-electron chi connectivity index (χ3n) is 4.52. The van der Waals surface area contributed by atoms with Crippen molar-refractivity contribution in [1.29, 1.82) is 0 Å². The van der Waals surface area contributed by atoms with Gasteiger partial charge in [-0.05, 0) is 43.3 Å². The van der Waals surface area contributed by atoms with E-state index in [-0.39, 0.29) is 11.7 Å². The zero-order valence-electron chi connectivity index (χ0n) is 17.9. The normalized spacial score (nSPS) is 10.7. The second-order valence-corrected chi connectivity index (χ2v) is 7.65. The number of nitrogens with zero attached hydrogens (tertiary/aromatic N) is 5. The summed E-state index contributed by atoms with van der Waals surface area (Å²) in [6, 6.07) is 13.9.